The van der Waals surface area contributed by atoms with Gasteiger partial charge in [0.25, 0.3) is 5.91 Å². The Labute approximate surface area is 187 Å². The van der Waals surface area contributed by atoms with Crippen molar-refractivity contribution < 1.29 is 4.79 Å². The third-order valence-corrected chi connectivity index (χ3v) is 5.57. The van der Waals surface area contributed by atoms with Gasteiger partial charge in [0.1, 0.15) is 5.84 Å². The summed E-state index contributed by atoms with van der Waals surface area (Å²) in [5.74, 6) is 0.553. The van der Waals surface area contributed by atoms with Gasteiger partial charge >= 0.3 is 0 Å². The number of carbonyl (C=O) groups is 1. The zero-order valence-electron chi connectivity index (χ0n) is 18.3. The van der Waals surface area contributed by atoms with E-state index in [1.54, 1.807) is 29.5 Å². The predicted molar refractivity (Wildman–Crippen MR) is 124 cm³/mol. The van der Waals surface area contributed by atoms with E-state index in [9.17, 15) is 4.79 Å². The van der Waals surface area contributed by atoms with Gasteiger partial charge in [0.05, 0.1) is 18.3 Å². The van der Waals surface area contributed by atoms with Crippen LogP contribution in [0.1, 0.15) is 34.7 Å². The SMILES string of the molecule is CN(C)CCn1cc(C(=O)N=C(N)C(c2ccc(-c3cnc(N)nc3)cc2)C2CC2)cn1. The summed E-state index contributed by atoms with van der Waals surface area (Å²) in [7, 11) is 3.99. The first-order chi connectivity index (χ1) is 15.4. The van der Waals surface area contributed by atoms with Crippen LogP contribution in [0.2, 0.25) is 0 Å². The molecule has 0 bridgehead atoms. The molecule has 4 rings (SSSR count). The molecule has 4 N–H and O–H groups in total. The molecule has 1 atom stereocenters. The molecule has 0 radical (unpaired) electrons. The number of carbonyl (C=O) groups excluding carboxylic acids is 1. The monoisotopic (exact) mass is 432 g/mol. The van der Waals surface area contributed by atoms with E-state index in [1.165, 1.54) is 0 Å². The van der Waals surface area contributed by atoms with E-state index in [0.717, 1.165) is 36.1 Å². The molecule has 1 unspecified atom stereocenters. The minimum atomic E-state index is -0.361. The van der Waals surface area contributed by atoms with E-state index < -0.39 is 0 Å². The smallest absolute Gasteiger partial charge is 0.281 e. The van der Waals surface area contributed by atoms with Crippen LogP contribution in [0, 0.1) is 5.92 Å². The maximum absolute atomic E-state index is 12.7. The highest BCUT2D eigenvalue weighted by Gasteiger charge is 2.35. The van der Waals surface area contributed by atoms with E-state index in [0.29, 0.717) is 23.9 Å². The molecule has 1 amide bonds. The molecule has 2 aromatic heterocycles. The van der Waals surface area contributed by atoms with Crippen molar-refractivity contribution in [2.45, 2.75) is 25.3 Å². The highest BCUT2D eigenvalue weighted by molar-refractivity contribution is 6.04. The summed E-state index contributed by atoms with van der Waals surface area (Å²) >= 11 is 0. The van der Waals surface area contributed by atoms with Crippen molar-refractivity contribution in [3.05, 3.63) is 60.2 Å². The molecule has 2 heterocycles. The second kappa shape index (κ2) is 9.27. The van der Waals surface area contributed by atoms with Gasteiger partial charge in [-0.05, 0) is 44.0 Å². The quantitative estimate of drug-likeness (QED) is 0.412. The lowest BCUT2D eigenvalue weighted by Crippen LogP contribution is -2.25. The van der Waals surface area contributed by atoms with Crippen LogP contribution >= 0.6 is 0 Å². The van der Waals surface area contributed by atoms with E-state index in [4.69, 9.17) is 11.5 Å². The lowest BCUT2D eigenvalue weighted by molar-refractivity contribution is 0.100. The van der Waals surface area contributed by atoms with E-state index in [2.05, 4.69) is 25.0 Å². The molecule has 1 aliphatic rings. The first kappa shape index (κ1) is 21.6. The average molecular weight is 433 g/mol. The molecular formula is C23H28N8O. The number of anilines is 1. The van der Waals surface area contributed by atoms with E-state index in [-0.39, 0.29) is 17.8 Å². The van der Waals surface area contributed by atoms with Crippen LogP contribution in [0.15, 0.2) is 54.0 Å². The number of nitrogen functional groups attached to an aromatic ring is 1. The molecule has 0 spiro atoms. The minimum Gasteiger partial charge on any atom is -0.387 e. The summed E-state index contributed by atoms with van der Waals surface area (Å²) in [5, 5.41) is 4.25. The van der Waals surface area contributed by atoms with Crippen molar-refractivity contribution in [2.75, 3.05) is 26.4 Å². The fraction of sp³-hybridized carbons (Fsp3) is 0.348. The lowest BCUT2D eigenvalue weighted by Gasteiger charge is -2.16. The van der Waals surface area contributed by atoms with Gasteiger partial charge in [0, 0.05) is 36.6 Å². The molecule has 3 aromatic rings. The van der Waals surface area contributed by atoms with Crippen LogP contribution in [0.25, 0.3) is 11.1 Å². The number of hydrogen-bond acceptors (Lipinski definition) is 6. The second-order valence-electron chi connectivity index (χ2n) is 8.40. The van der Waals surface area contributed by atoms with Crippen LogP contribution in [0.4, 0.5) is 5.95 Å². The third kappa shape index (κ3) is 5.17. The number of amidine groups is 1. The highest BCUT2D eigenvalue weighted by Crippen LogP contribution is 2.43. The molecular weight excluding hydrogens is 404 g/mol. The summed E-state index contributed by atoms with van der Waals surface area (Å²) in [6.45, 7) is 1.54. The van der Waals surface area contributed by atoms with Crippen molar-refractivity contribution >= 4 is 17.7 Å². The number of likely N-dealkylation sites (N-methyl/N-ethyl adjacent to an activating group) is 1. The molecule has 1 fully saturated rings. The van der Waals surface area contributed by atoms with Gasteiger partial charge in [0.15, 0.2) is 0 Å². The number of hydrogen-bond donors (Lipinski definition) is 2. The molecule has 166 valence electrons. The average Bonchev–Trinajstić information content (AvgIpc) is 3.48. The maximum Gasteiger partial charge on any atom is 0.281 e. The van der Waals surface area contributed by atoms with Crippen LogP contribution in [0.3, 0.4) is 0 Å². The van der Waals surface area contributed by atoms with Gasteiger partial charge in [-0.2, -0.15) is 10.1 Å². The molecule has 32 heavy (non-hydrogen) atoms. The molecule has 0 aliphatic heterocycles. The Morgan fingerprint density at radius 1 is 1.16 bits per heavy atom. The second-order valence-corrected chi connectivity index (χ2v) is 8.40. The highest BCUT2D eigenvalue weighted by atomic mass is 16.1. The Morgan fingerprint density at radius 2 is 1.84 bits per heavy atom. The van der Waals surface area contributed by atoms with Crippen LogP contribution in [-0.4, -0.2) is 57.0 Å². The Balaban J connectivity index is 1.50. The maximum atomic E-state index is 12.7. The van der Waals surface area contributed by atoms with E-state index >= 15 is 0 Å². The number of nitrogens with zero attached hydrogens (tertiary/aromatic N) is 6. The van der Waals surface area contributed by atoms with Gasteiger partial charge in [-0.25, -0.2) is 9.97 Å². The van der Waals surface area contributed by atoms with Crippen molar-refractivity contribution in [1.82, 2.24) is 24.6 Å². The van der Waals surface area contributed by atoms with Crippen LogP contribution in [-0.2, 0) is 6.54 Å². The Morgan fingerprint density at radius 3 is 2.47 bits per heavy atom. The normalized spacial score (nSPS) is 15.2. The number of amides is 1. The largest absolute Gasteiger partial charge is 0.387 e. The zero-order chi connectivity index (χ0) is 22.7. The van der Waals surface area contributed by atoms with Gasteiger partial charge < -0.3 is 16.4 Å². The lowest BCUT2D eigenvalue weighted by atomic mass is 9.91. The molecule has 1 saturated carbocycles. The van der Waals surface area contributed by atoms with Gasteiger partial charge in [-0.15, -0.1) is 0 Å². The Hall–Kier alpha value is -3.59. The van der Waals surface area contributed by atoms with E-state index in [1.807, 2.05) is 38.4 Å². The van der Waals surface area contributed by atoms with Crippen molar-refractivity contribution in [2.24, 2.45) is 16.6 Å². The summed E-state index contributed by atoms with van der Waals surface area (Å²) in [5.41, 5.74) is 15.3. The van der Waals surface area contributed by atoms with Crippen LogP contribution < -0.4 is 11.5 Å². The first-order valence-electron chi connectivity index (χ1n) is 10.6. The molecule has 9 heteroatoms. The molecule has 1 aromatic carbocycles. The Bertz CT molecular complexity index is 1100. The van der Waals surface area contributed by atoms with Crippen molar-refractivity contribution in [3.8, 4) is 11.1 Å². The summed E-state index contributed by atoms with van der Waals surface area (Å²) in [4.78, 5) is 27.1. The number of aliphatic imine (C=N–C) groups is 1. The molecule has 9 nitrogen and oxygen atoms in total. The summed E-state index contributed by atoms with van der Waals surface area (Å²) in [6, 6.07) is 8.06. The minimum absolute atomic E-state index is 0.0838. The van der Waals surface area contributed by atoms with Crippen molar-refractivity contribution in [1.29, 1.82) is 0 Å². The fourth-order valence-electron chi connectivity index (χ4n) is 3.63. The van der Waals surface area contributed by atoms with Gasteiger partial charge in [0.2, 0.25) is 5.95 Å². The number of nitrogens with two attached hydrogens (primary N) is 2. The topological polar surface area (TPSA) is 128 Å². The van der Waals surface area contributed by atoms with Gasteiger partial charge in [-0.1, -0.05) is 24.3 Å². The summed E-state index contributed by atoms with van der Waals surface area (Å²) in [6.07, 6.45) is 8.81. The Kier molecular flexibility index (Phi) is 6.27. The number of aromatic nitrogens is 4. The fourth-order valence-corrected chi connectivity index (χ4v) is 3.63. The van der Waals surface area contributed by atoms with Crippen molar-refractivity contribution in [3.63, 3.8) is 0 Å². The third-order valence-electron chi connectivity index (χ3n) is 5.57. The molecule has 1 aliphatic carbocycles. The number of benzene rings is 1. The summed E-state index contributed by atoms with van der Waals surface area (Å²) < 4.78 is 1.75. The van der Waals surface area contributed by atoms with Crippen LogP contribution in [0.5, 0.6) is 0 Å². The standard InChI is InChI=1S/C23H28N8O/c1-30(2)9-10-31-14-19(13-28-31)22(32)29-21(24)20(17-7-8-17)16-5-3-15(4-6-16)18-11-26-23(25)27-12-18/h3-6,11-14,17,20H,7-10H2,1-2H3,(H2,24,29,32)(H2,25,26,27). The number of rotatable bonds is 8. The first-order valence-corrected chi connectivity index (χ1v) is 10.6. The van der Waals surface area contributed by atoms with Gasteiger partial charge in [-0.3, -0.25) is 9.48 Å². The predicted octanol–water partition coefficient (Wildman–Crippen LogP) is 2.18. The zero-order valence-corrected chi connectivity index (χ0v) is 18.3. The molecule has 0 saturated heterocycles.